The first-order chi connectivity index (χ1) is 8.42. The van der Waals surface area contributed by atoms with E-state index in [1.165, 1.54) is 0 Å². The Morgan fingerprint density at radius 2 is 1.89 bits per heavy atom. The summed E-state index contributed by atoms with van der Waals surface area (Å²) in [5, 5.41) is 14.3. The fourth-order valence-corrected chi connectivity index (χ4v) is 2.07. The first-order valence-corrected chi connectivity index (χ1v) is 7.60. The van der Waals surface area contributed by atoms with Crippen LogP contribution >= 0.6 is 11.8 Å². The lowest BCUT2D eigenvalue weighted by Crippen LogP contribution is -2.50. The predicted molar refractivity (Wildman–Crippen MR) is 75.0 cm³/mol. The van der Waals surface area contributed by atoms with Crippen LogP contribution in [0.25, 0.3) is 0 Å². The standard InChI is InChI=1S/C12H24N2O3S/c1-5-9(8(2)3)13-12(17)14-10(11(15)16)6-7-18-4/h8-10H,5-7H2,1-4H3,(H,15,16)(H2,13,14,17). The smallest absolute Gasteiger partial charge is 0.326 e. The molecular formula is C12H24N2O3S. The van der Waals surface area contributed by atoms with Gasteiger partial charge in [-0.3, -0.25) is 0 Å². The Morgan fingerprint density at radius 3 is 2.28 bits per heavy atom. The van der Waals surface area contributed by atoms with Gasteiger partial charge in [0.05, 0.1) is 0 Å². The van der Waals surface area contributed by atoms with Gasteiger partial charge in [0.1, 0.15) is 6.04 Å². The van der Waals surface area contributed by atoms with Gasteiger partial charge in [0.15, 0.2) is 0 Å². The highest BCUT2D eigenvalue weighted by atomic mass is 32.2. The Kier molecular flexibility index (Phi) is 8.62. The molecule has 106 valence electrons. The average molecular weight is 276 g/mol. The zero-order valence-electron chi connectivity index (χ0n) is 11.5. The van der Waals surface area contributed by atoms with E-state index in [0.717, 1.165) is 6.42 Å². The van der Waals surface area contributed by atoms with Crippen molar-refractivity contribution in [2.45, 2.75) is 45.7 Å². The molecule has 0 rings (SSSR count). The second-order valence-corrected chi connectivity index (χ2v) is 5.53. The highest BCUT2D eigenvalue weighted by Gasteiger charge is 2.21. The van der Waals surface area contributed by atoms with Crippen LogP contribution in [0.2, 0.25) is 0 Å². The van der Waals surface area contributed by atoms with Crippen LogP contribution in [0, 0.1) is 5.92 Å². The molecule has 0 saturated heterocycles. The molecule has 2 amide bonds. The van der Waals surface area contributed by atoms with Crippen molar-refractivity contribution in [2.75, 3.05) is 12.0 Å². The molecule has 3 N–H and O–H groups in total. The predicted octanol–water partition coefficient (Wildman–Crippen LogP) is 1.93. The maximum absolute atomic E-state index is 11.7. The Bertz CT molecular complexity index is 272. The summed E-state index contributed by atoms with van der Waals surface area (Å²) in [5.74, 6) is 0.0468. The third kappa shape index (κ3) is 6.74. The molecule has 0 aromatic heterocycles. The molecule has 0 spiro atoms. The van der Waals surface area contributed by atoms with E-state index >= 15 is 0 Å². The molecule has 0 heterocycles. The summed E-state index contributed by atoms with van der Waals surface area (Å²) in [6.07, 6.45) is 3.17. The summed E-state index contributed by atoms with van der Waals surface area (Å²) in [6, 6.07) is -1.15. The van der Waals surface area contributed by atoms with Crippen molar-refractivity contribution in [2.24, 2.45) is 5.92 Å². The van der Waals surface area contributed by atoms with Crippen molar-refractivity contribution in [3.8, 4) is 0 Å². The van der Waals surface area contributed by atoms with E-state index in [0.29, 0.717) is 18.1 Å². The fraction of sp³-hybridized carbons (Fsp3) is 0.833. The Balaban J connectivity index is 4.28. The van der Waals surface area contributed by atoms with Crippen molar-refractivity contribution >= 4 is 23.8 Å². The molecule has 0 aliphatic rings. The minimum atomic E-state index is -0.989. The maximum Gasteiger partial charge on any atom is 0.326 e. The van der Waals surface area contributed by atoms with Crippen LogP contribution in [0.15, 0.2) is 0 Å². The fourth-order valence-electron chi connectivity index (χ4n) is 1.60. The largest absolute Gasteiger partial charge is 0.480 e. The quantitative estimate of drug-likeness (QED) is 0.633. The lowest BCUT2D eigenvalue weighted by Gasteiger charge is -2.22. The molecule has 0 saturated carbocycles. The molecule has 6 heteroatoms. The van der Waals surface area contributed by atoms with E-state index in [1.807, 2.05) is 27.0 Å². The normalized spacial score (nSPS) is 14.1. The van der Waals surface area contributed by atoms with Crippen LogP contribution in [-0.4, -0.2) is 41.2 Å². The van der Waals surface area contributed by atoms with Crippen molar-refractivity contribution < 1.29 is 14.7 Å². The van der Waals surface area contributed by atoms with E-state index in [1.54, 1.807) is 11.8 Å². The Hall–Kier alpha value is -0.910. The summed E-state index contributed by atoms with van der Waals surface area (Å²) in [5.41, 5.74) is 0. The van der Waals surface area contributed by atoms with Crippen LogP contribution in [-0.2, 0) is 4.79 Å². The van der Waals surface area contributed by atoms with Gasteiger partial charge in [-0.15, -0.1) is 0 Å². The number of aliphatic carboxylic acids is 1. The van der Waals surface area contributed by atoms with Crippen molar-refractivity contribution in [3.63, 3.8) is 0 Å². The summed E-state index contributed by atoms with van der Waals surface area (Å²) in [6.45, 7) is 6.04. The van der Waals surface area contributed by atoms with Gasteiger partial charge >= 0.3 is 12.0 Å². The van der Waals surface area contributed by atoms with Gasteiger partial charge in [-0.05, 0) is 30.8 Å². The molecule has 2 unspecified atom stereocenters. The third-order valence-corrected chi connectivity index (χ3v) is 3.42. The molecule has 0 aliphatic heterocycles. The number of amides is 2. The monoisotopic (exact) mass is 276 g/mol. The molecule has 0 fully saturated rings. The van der Waals surface area contributed by atoms with E-state index in [-0.39, 0.29) is 6.04 Å². The van der Waals surface area contributed by atoms with Crippen LogP contribution in [0.3, 0.4) is 0 Å². The highest BCUT2D eigenvalue weighted by Crippen LogP contribution is 2.05. The second-order valence-electron chi connectivity index (χ2n) is 4.55. The molecule has 0 bridgehead atoms. The number of hydrogen-bond donors (Lipinski definition) is 3. The number of urea groups is 1. The lowest BCUT2D eigenvalue weighted by atomic mass is 10.0. The second kappa shape index (κ2) is 9.08. The van der Waals surface area contributed by atoms with Crippen molar-refractivity contribution in [3.05, 3.63) is 0 Å². The van der Waals surface area contributed by atoms with E-state index in [9.17, 15) is 9.59 Å². The number of rotatable bonds is 8. The molecule has 0 aromatic rings. The van der Waals surface area contributed by atoms with Gasteiger partial charge in [0, 0.05) is 6.04 Å². The number of nitrogens with one attached hydrogen (secondary N) is 2. The number of carboxylic acid groups (broad SMARTS) is 1. The van der Waals surface area contributed by atoms with Crippen LogP contribution in [0.1, 0.15) is 33.6 Å². The lowest BCUT2D eigenvalue weighted by molar-refractivity contribution is -0.139. The van der Waals surface area contributed by atoms with Crippen molar-refractivity contribution in [1.82, 2.24) is 10.6 Å². The summed E-state index contributed by atoms with van der Waals surface area (Å²) < 4.78 is 0. The van der Waals surface area contributed by atoms with Crippen molar-refractivity contribution in [1.29, 1.82) is 0 Å². The number of carbonyl (C=O) groups excluding carboxylic acids is 1. The summed E-state index contributed by atoms with van der Waals surface area (Å²) >= 11 is 1.56. The van der Waals surface area contributed by atoms with E-state index < -0.39 is 18.0 Å². The minimum absolute atomic E-state index is 0.0694. The van der Waals surface area contributed by atoms with Gasteiger partial charge in [-0.25, -0.2) is 9.59 Å². The van der Waals surface area contributed by atoms with Crippen LogP contribution < -0.4 is 10.6 Å². The zero-order valence-corrected chi connectivity index (χ0v) is 12.3. The van der Waals surface area contributed by atoms with Gasteiger partial charge in [-0.1, -0.05) is 20.8 Å². The Labute approximate surface area is 113 Å². The topological polar surface area (TPSA) is 78.4 Å². The van der Waals surface area contributed by atoms with Gasteiger partial charge in [-0.2, -0.15) is 11.8 Å². The van der Waals surface area contributed by atoms with Crippen LogP contribution in [0.4, 0.5) is 4.79 Å². The number of carbonyl (C=O) groups is 2. The first-order valence-electron chi connectivity index (χ1n) is 6.21. The number of thioether (sulfide) groups is 1. The zero-order chi connectivity index (χ0) is 14.1. The molecule has 0 aromatic carbocycles. The highest BCUT2D eigenvalue weighted by molar-refractivity contribution is 7.98. The maximum atomic E-state index is 11.7. The first kappa shape index (κ1) is 17.1. The molecule has 0 aliphatic carbocycles. The SMILES string of the molecule is CCC(NC(=O)NC(CCSC)C(=O)O)C(C)C. The van der Waals surface area contributed by atoms with Gasteiger partial charge in [0.25, 0.3) is 0 Å². The minimum Gasteiger partial charge on any atom is -0.480 e. The van der Waals surface area contributed by atoms with Gasteiger partial charge < -0.3 is 15.7 Å². The molecule has 5 nitrogen and oxygen atoms in total. The van der Waals surface area contributed by atoms with E-state index in [2.05, 4.69) is 10.6 Å². The molecule has 18 heavy (non-hydrogen) atoms. The van der Waals surface area contributed by atoms with Gasteiger partial charge in [0.2, 0.25) is 0 Å². The number of hydrogen-bond acceptors (Lipinski definition) is 3. The average Bonchev–Trinajstić information content (AvgIpc) is 2.30. The Morgan fingerprint density at radius 1 is 1.28 bits per heavy atom. The number of carboxylic acids is 1. The third-order valence-electron chi connectivity index (χ3n) is 2.78. The summed E-state index contributed by atoms with van der Waals surface area (Å²) in [7, 11) is 0. The molecular weight excluding hydrogens is 252 g/mol. The van der Waals surface area contributed by atoms with Crippen LogP contribution in [0.5, 0.6) is 0 Å². The molecule has 2 atom stereocenters. The van der Waals surface area contributed by atoms with E-state index in [4.69, 9.17) is 5.11 Å². The molecule has 0 radical (unpaired) electrons. The summed E-state index contributed by atoms with van der Waals surface area (Å²) in [4.78, 5) is 22.7.